The fourth-order valence-corrected chi connectivity index (χ4v) is 10.3. The van der Waals surface area contributed by atoms with E-state index in [-0.39, 0.29) is 52.9 Å². The van der Waals surface area contributed by atoms with E-state index in [9.17, 15) is 28.8 Å². The summed E-state index contributed by atoms with van der Waals surface area (Å²) in [4.78, 5) is 89.1. The van der Waals surface area contributed by atoms with Gasteiger partial charge in [-0.1, -0.05) is 0 Å². The molecule has 16 heteroatoms. The number of hydrogen-bond acceptors (Lipinski definition) is 12. The molecule has 16 nitrogen and oxygen atoms in total. The van der Waals surface area contributed by atoms with Gasteiger partial charge in [0.25, 0.3) is 17.4 Å². The van der Waals surface area contributed by atoms with Crippen molar-refractivity contribution in [2.45, 2.75) is 70.1 Å². The molecule has 330 valence electrons. The van der Waals surface area contributed by atoms with Crippen LogP contribution in [0.4, 0.5) is 5.82 Å². The highest BCUT2D eigenvalue weighted by Crippen LogP contribution is 2.51. The third-order valence-electron chi connectivity index (χ3n) is 13.9. The number of aryl methyl sites for hydroxylation is 1. The molecule has 0 radical (unpaired) electrons. The molecular formula is C47H53N7O9. The molecule has 5 aliphatic rings. The van der Waals surface area contributed by atoms with E-state index in [2.05, 4.69) is 15.2 Å². The van der Waals surface area contributed by atoms with Crippen molar-refractivity contribution in [2.75, 3.05) is 59.4 Å². The molecule has 1 aliphatic carbocycles. The van der Waals surface area contributed by atoms with E-state index in [0.29, 0.717) is 29.2 Å². The highest BCUT2D eigenvalue weighted by atomic mass is 16.5. The molecule has 1 unspecified atom stereocenters. The lowest BCUT2D eigenvalue weighted by Crippen LogP contribution is -2.54. The van der Waals surface area contributed by atoms with Crippen molar-refractivity contribution in [1.82, 2.24) is 29.6 Å². The third kappa shape index (κ3) is 7.67. The molecule has 6 heterocycles. The number of aromatic nitrogens is 2. The van der Waals surface area contributed by atoms with Crippen molar-refractivity contribution in [1.29, 1.82) is 0 Å². The molecule has 4 aromatic rings. The van der Waals surface area contributed by atoms with Crippen molar-refractivity contribution >= 4 is 46.1 Å². The minimum atomic E-state index is -1.01. The van der Waals surface area contributed by atoms with Gasteiger partial charge in [-0.25, -0.2) is 4.98 Å². The average molecular weight is 860 g/mol. The Morgan fingerprint density at radius 2 is 1.54 bits per heavy atom. The van der Waals surface area contributed by atoms with E-state index in [4.69, 9.17) is 14.2 Å². The summed E-state index contributed by atoms with van der Waals surface area (Å²) in [7, 11) is 8.88. The zero-order valence-corrected chi connectivity index (χ0v) is 36.4. The van der Waals surface area contributed by atoms with Crippen LogP contribution in [0.15, 0.2) is 53.6 Å². The number of nitrogens with zero attached hydrogens (tertiary/aromatic N) is 6. The first-order valence-corrected chi connectivity index (χ1v) is 21.7. The van der Waals surface area contributed by atoms with Crippen molar-refractivity contribution in [3.63, 3.8) is 0 Å². The van der Waals surface area contributed by atoms with Gasteiger partial charge in [0.05, 0.1) is 42.4 Å². The normalized spacial score (nSPS) is 20.5. The molecule has 5 amide bonds. The van der Waals surface area contributed by atoms with Gasteiger partial charge < -0.3 is 28.6 Å². The molecule has 63 heavy (non-hydrogen) atoms. The standard InChI is InChI=1S/C47H53N7O9/c1-50(2)40-21-32-34(24-48-40)44(58)51(3)25-35(32)28-18-38(61-4)36(39(19-28)62-5)26-52-14-10-27(11-15-52)43(57)53-16-12-47(13-17-53)22-30(23-47)63-29-6-7-31-33(20-29)46(60)54(45(31)59)37-8-9-41(55)49-42(37)56/h6-7,18-21,24-25,27,30,37H,8-17,22-23,26H2,1-5H3,(H,49,55,56). The summed E-state index contributed by atoms with van der Waals surface area (Å²) >= 11 is 0. The van der Waals surface area contributed by atoms with E-state index >= 15 is 0 Å². The first kappa shape index (κ1) is 42.0. The van der Waals surface area contributed by atoms with E-state index in [1.54, 1.807) is 50.2 Å². The summed E-state index contributed by atoms with van der Waals surface area (Å²) in [6.45, 7) is 3.58. The van der Waals surface area contributed by atoms with Gasteiger partial charge in [0, 0.05) is 76.5 Å². The number of ether oxygens (including phenoxy) is 3. The maximum Gasteiger partial charge on any atom is 0.262 e. The number of likely N-dealkylation sites (tertiary alicyclic amines) is 2. The van der Waals surface area contributed by atoms with Gasteiger partial charge in [0.15, 0.2) is 0 Å². The summed E-state index contributed by atoms with van der Waals surface area (Å²) in [5.74, 6) is 0.680. The van der Waals surface area contributed by atoms with Gasteiger partial charge in [-0.3, -0.25) is 43.9 Å². The Bertz CT molecular complexity index is 2570. The Morgan fingerprint density at radius 3 is 2.19 bits per heavy atom. The molecule has 3 saturated heterocycles. The predicted molar refractivity (Wildman–Crippen MR) is 233 cm³/mol. The maximum atomic E-state index is 13.8. The molecule has 1 spiro atoms. The van der Waals surface area contributed by atoms with Crippen LogP contribution in [-0.4, -0.2) is 120 Å². The molecule has 1 N–H and O–H groups in total. The van der Waals surface area contributed by atoms with Gasteiger partial charge in [0.1, 0.15) is 29.1 Å². The fourth-order valence-electron chi connectivity index (χ4n) is 10.3. The van der Waals surface area contributed by atoms with Gasteiger partial charge in [-0.05, 0) is 105 Å². The van der Waals surface area contributed by atoms with Crippen molar-refractivity contribution in [3.05, 3.63) is 75.8 Å². The Labute approximate surface area is 365 Å². The zero-order valence-electron chi connectivity index (χ0n) is 36.4. The second kappa shape index (κ2) is 16.4. The molecule has 9 rings (SSSR count). The summed E-state index contributed by atoms with van der Waals surface area (Å²) in [6.07, 6.45) is 8.67. The Hall–Kier alpha value is -6.29. The molecule has 1 atom stereocenters. The van der Waals surface area contributed by atoms with Gasteiger partial charge in [0.2, 0.25) is 17.7 Å². The molecule has 4 aliphatic heterocycles. The van der Waals surface area contributed by atoms with E-state index in [1.165, 1.54) is 0 Å². The van der Waals surface area contributed by atoms with E-state index < -0.39 is 29.7 Å². The van der Waals surface area contributed by atoms with Crippen LogP contribution in [0.25, 0.3) is 21.9 Å². The van der Waals surface area contributed by atoms with Crippen molar-refractivity contribution in [2.24, 2.45) is 18.4 Å². The summed E-state index contributed by atoms with van der Waals surface area (Å²) in [5, 5.41) is 3.55. The minimum absolute atomic E-state index is 0.0289. The molecule has 0 bridgehead atoms. The number of carbonyl (C=O) groups excluding carboxylic acids is 5. The number of rotatable bonds is 10. The van der Waals surface area contributed by atoms with Crippen LogP contribution in [-0.2, 0) is 28.0 Å². The fraction of sp³-hybridized carbons (Fsp3) is 0.468. The van der Waals surface area contributed by atoms with Crippen molar-refractivity contribution < 1.29 is 38.2 Å². The molecular weight excluding hydrogens is 807 g/mol. The lowest BCUT2D eigenvalue weighted by atomic mass is 9.61. The molecule has 1 saturated carbocycles. The topological polar surface area (TPSA) is 173 Å². The summed E-state index contributed by atoms with van der Waals surface area (Å²) < 4.78 is 19.8. The van der Waals surface area contributed by atoms with Gasteiger partial charge in [-0.2, -0.15) is 0 Å². The van der Waals surface area contributed by atoms with Gasteiger partial charge >= 0.3 is 0 Å². The smallest absolute Gasteiger partial charge is 0.262 e. The number of fused-ring (bicyclic) bond motifs is 2. The van der Waals surface area contributed by atoms with Crippen molar-refractivity contribution in [3.8, 4) is 28.4 Å². The van der Waals surface area contributed by atoms with Crippen LogP contribution in [0.5, 0.6) is 17.2 Å². The van der Waals surface area contributed by atoms with E-state index in [1.807, 2.05) is 48.3 Å². The SMILES string of the molecule is COc1cc(-c2cn(C)c(=O)c3cnc(N(C)C)cc23)cc(OC)c1CN1CCC(C(=O)N2CCC3(CC2)CC(Oc2ccc4c(c2)C(=O)N(C2CCC(=O)NC2=O)C4=O)C3)CC1. The number of hydrogen-bond donors (Lipinski definition) is 1. The highest BCUT2D eigenvalue weighted by Gasteiger charge is 2.49. The first-order chi connectivity index (χ1) is 30.3. The van der Waals surface area contributed by atoms with Crippen LogP contribution in [0.3, 0.4) is 0 Å². The number of benzene rings is 2. The zero-order chi connectivity index (χ0) is 44.3. The first-order valence-electron chi connectivity index (χ1n) is 21.7. The van der Waals surface area contributed by atoms with Crippen LogP contribution in [0.1, 0.15) is 77.6 Å². The van der Waals surface area contributed by atoms with Crippen LogP contribution < -0.4 is 30.0 Å². The number of carbonyl (C=O) groups is 5. The molecule has 4 fully saturated rings. The van der Waals surface area contributed by atoms with Crippen LogP contribution in [0.2, 0.25) is 0 Å². The summed E-state index contributed by atoms with van der Waals surface area (Å²) in [6, 6.07) is 9.77. The molecule has 2 aromatic heterocycles. The average Bonchev–Trinajstić information content (AvgIpc) is 3.51. The van der Waals surface area contributed by atoms with Crippen LogP contribution >= 0.6 is 0 Å². The summed E-state index contributed by atoms with van der Waals surface area (Å²) in [5.41, 5.74) is 3.07. The number of anilines is 1. The number of methoxy groups -OCH3 is 2. The molecule has 2 aromatic carbocycles. The lowest BCUT2D eigenvalue weighted by Gasteiger charge is -2.52. The number of piperidine rings is 3. The quantitative estimate of drug-likeness (QED) is 0.226. The highest BCUT2D eigenvalue weighted by molar-refractivity contribution is 6.23. The number of pyridine rings is 2. The maximum absolute atomic E-state index is 13.8. The Morgan fingerprint density at radius 1 is 0.857 bits per heavy atom. The van der Waals surface area contributed by atoms with Gasteiger partial charge in [-0.15, -0.1) is 0 Å². The number of nitrogens with one attached hydrogen (secondary N) is 1. The number of amides is 5. The second-order valence-corrected chi connectivity index (χ2v) is 18.0. The van der Waals surface area contributed by atoms with Crippen LogP contribution in [0, 0.1) is 11.3 Å². The largest absolute Gasteiger partial charge is 0.496 e. The third-order valence-corrected chi connectivity index (χ3v) is 13.9. The minimum Gasteiger partial charge on any atom is -0.496 e. The Balaban J connectivity index is 0.778. The second-order valence-electron chi connectivity index (χ2n) is 18.0. The Kier molecular flexibility index (Phi) is 11.0. The monoisotopic (exact) mass is 859 g/mol. The number of imide groups is 2. The lowest BCUT2D eigenvalue weighted by molar-refractivity contribution is -0.142. The van der Waals surface area contributed by atoms with E-state index in [0.717, 1.165) is 97.5 Å². The predicted octanol–water partition coefficient (Wildman–Crippen LogP) is 4.15.